The number of thioether (sulfide) groups is 1. The second-order valence-electron chi connectivity index (χ2n) is 4.74. The maximum absolute atomic E-state index is 10.7. The Morgan fingerprint density at radius 1 is 1.27 bits per heavy atom. The van der Waals surface area contributed by atoms with Crippen LogP contribution in [0.5, 0.6) is 0 Å². The average Bonchev–Trinajstić information content (AvgIpc) is 2.97. The summed E-state index contributed by atoms with van der Waals surface area (Å²) in [7, 11) is 0. The highest BCUT2D eigenvalue weighted by molar-refractivity contribution is 8.00. The summed E-state index contributed by atoms with van der Waals surface area (Å²) in [5, 5.41) is 9.55. The molecule has 112 valence electrons. The Kier molecular flexibility index (Phi) is 4.40. The number of carbonyl (C=O) groups is 1. The highest BCUT2D eigenvalue weighted by atomic mass is 32.2. The largest absolute Gasteiger partial charge is 0.481 e. The zero-order valence-corrected chi connectivity index (χ0v) is 13.6. The van der Waals surface area contributed by atoms with Crippen molar-refractivity contribution < 1.29 is 9.90 Å². The van der Waals surface area contributed by atoms with Crippen molar-refractivity contribution in [1.29, 1.82) is 0 Å². The van der Waals surface area contributed by atoms with Gasteiger partial charge < -0.3 is 5.11 Å². The predicted molar refractivity (Wildman–Crippen MR) is 90.6 cm³/mol. The number of nitrogens with zero attached hydrogens (tertiary/aromatic N) is 2. The number of aliphatic carboxylic acids is 1. The van der Waals surface area contributed by atoms with Gasteiger partial charge in [0.25, 0.3) is 0 Å². The van der Waals surface area contributed by atoms with E-state index < -0.39 is 5.97 Å². The van der Waals surface area contributed by atoms with Crippen molar-refractivity contribution in [2.75, 3.05) is 5.75 Å². The number of rotatable bonds is 5. The van der Waals surface area contributed by atoms with Gasteiger partial charge in [0.05, 0.1) is 16.0 Å². The Bertz CT molecular complexity index is 813. The summed E-state index contributed by atoms with van der Waals surface area (Å²) in [4.78, 5) is 20.4. The van der Waals surface area contributed by atoms with Gasteiger partial charge in [-0.15, -0.1) is 11.3 Å². The summed E-state index contributed by atoms with van der Waals surface area (Å²) < 4.78 is 0.948. The van der Waals surface area contributed by atoms with Gasteiger partial charge in [-0.25, -0.2) is 9.97 Å². The van der Waals surface area contributed by atoms with E-state index in [1.807, 2.05) is 6.07 Å². The number of thiophene rings is 1. The van der Waals surface area contributed by atoms with Crippen molar-refractivity contribution in [2.24, 2.45) is 0 Å². The standard InChI is InChI=1S/C16H14N2O2S2/c1-2-10-3-5-11(6-4-10)13-7-12-15(22-13)16(18-9-17-12)21-8-14(19)20/h3-7,9H,2,8H2,1H3,(H,19,20). The normalized spacial score (nSPS) is 11.0. The highest BCUT2D eigenvalue weighted by Gasteiger charge is 2.12. The summed E-state index contributed by atoms with van der Waals surface area (Å²) >= 11 is 2.84. The Morgan fingerprint density at radius 2 is 2.05 bits per heavy atom. The summed E-state index contributed by atoms with van der Waals surface area (Å²) in [6, 6.07) is 10.5. The monoisotopic (exact) mass is 330 g/mol. The van der Waals surface area contributed by atoms with Gasteiger partial charge in [0.1, 0.15) is 11.4 Å². The Balaban J connectivity index is 1.97. The van der Waals surface area contributed by atoms with Gasteiger partial charge in [0, 0.05) is 4.88 Å². The fourth-order valence-corrected chi connectivity index (χ4v) is 4.03. The molecule has 0 atom stereocenters. The number of hydrogen-bond donors (Lipinski definition) is 1. The van der Waals surface area contributed by atoms with Crippen molar-refractivity contribution in [3.05, 3.63) is 42.2 Å². The molecule has 22 heavy (non-hydrogen) atoms. The van der Waals surface area contributed by atoms with Crippen molar-refractivity contribution in [1.82, 2.24) is 9.97 Å². The van der Waals surface area contributed by atoms with Crippen LogP contribution in [0.1, 0.15) is 12.5 Å². The van der Waals surface area contributed by atoms with Crippen LogP contribution in [0, 0.1) is 0 Å². The summed E-state index contributed by atoms with van der Waals surface area (Å²) in [5.74, 6) is -0.839. The molecule has 0 unspecified atom stereocenters. The molecule has 3 rings (SSSR count). The molecule has 2 aromatic heterocycles. The molecule has 0 aliphatic carbocycles. The molecule has 0 spiro atoms. The quantitative estimate of drug-likeness (QED) is 0.564. The summed E-state index contributed by atoms with van der Waals surface area (Å²) in [6.07, 6.45) is 2.51. The molecule has 0 saturated carbocycles. The third kappa shape index (κ3) is 3.13. The molecule has 6 heteroatoms. The lowest BCUT2D eigenvalue weighted by molar-refractivity contribution is -0.133. The SMILES string of the molecule is CCc1ccc(-c2cc3ncnc(SCC(=O)O)c3s2)cc1. The summed E-state index contributed by atoms with van der Waals surface area (Å²) in [6.45, 7) is 2.13. The van der Waals surface area contributed by atoms with Crippen LogP contribution in [0.15, 0.2) is 41.7 Å². The molecule has 1 N–H and O–H groups in total. The second kappa shape index (κ2) is 6.46. The van der Waals surface area contributed by atoms with E-state index in [0.717, 1.165) is 32.1 Å². The molecule has 0 bridgehead atoms. The summed E-state index contributed by atoms with van der Waals surface area (Å²) in [5.41, 5.74) is 3.32. The number of hydrogen-bond acceptors (Lipinski definition) is 5. The number of fused-ring (bicyclic) bond motifs is 1. The minimum absolute atomic E-state index is 0.00451. The zero-order chi connectivity index (χ0) is 15.5. The van der Waals surface area contributed by atoms with E-state index in [0.29, 0.717) is 0 Å². The first-order chi connectivity index (χ1) is 10.7. The lowest BCUT2D eigenvalue weighted by atomic mass is 10.1. The Hall–Kier alpha value is -1.92. The van der Waals surface area contributed by atoms with E-state index in [1.54, 1.807) is 11.3 Å². The van der Waals surface area contributed by atoms with Gasteiger partial charge in [-0.1, -0.05) is 43.0 Å². The van der Waals surface area contributed by atoms with Crippen LogP contribution in [-0.2, 0) is 11.2 Å². The van der Waals surface area contributed by atoms with Crippen LogP contribution in [-0.4, -0.2) is 26.8 Å². The van der Waals surface area contributed by atoms with Gasteiger partial charge >= 0.3 is 5.97 Å². The maximum atomic E-state index is 10.7. The van der Waals surface area contributed by atoms with Crippen LogP contribution in [0.25, 0.3) is 20.7 Å². The van der Waals surface area contributed by atoms with Crippen LogP contribution >= 0.6 is 23.1 Å². The van der Waals surface area contributed by atoms with E-state index >= 15 is 0 Å². The van der Waals surface area contributed by atoms with Crippen LogP contribution in [0.4, 0.5) is 0 Å². The number of aromatic nitrogens is 2. The average molecular weight is 330 g/mol. The van der Waals surface area contributed by atoms with E-state index in [2.05, 4.69) is 41.2 Å². The molecule has 0 amide bonds. The molecular formula is C16H14N2O2S2. The van der Waals surface area contributed by atoms with Gasteiger partial charge in [-0.3, -0.25) is 4.79 Å². The molecule has 3 aromatic rings. The highest BCUT2D eigenvalue weighted by Crippen LogP contribution is 2.36. The van der Waals surface area contributed by atoms with Crippen molar-refractivity contribution in [3.63, 3.8) is 0 Å². The Labute approximate surface area is 136 Å². The van der Waals surface area contributed by atoms with Gasteiger partial charge in [-0.2, -0.15) is 0 Å². The smallest absolute Gasteiger partial charge is 0.313 e. The molecule has 2 heterocycles. The van der Waals surface area contributed by atoms with E-state index in [1.165, 1.54) is 23.7 Å². The fraction of sp³-hybridized carbons (Fsp3) is 0.188. The topological polar surface area (TPSA) is 63.1 Å². The van der Waals surface area contributed by atoms with Gasteiger partial charge in [0.2, 0.25) is 0 Å². The van der Waals surface area contributed by atoms with E-state index in [9.17, 15) is 4.79 Å². The molecule has 0 saturated heterocycles. The number of carboxylic acids is 1. The lowest BCUT2D eigenvalue weighted by Crippen LogP contribution is -1.98. The third-order valence-corrected chi connectivity index (χ3v) is 5.54. The molecular weight excluding hydrogens is 316 g/mol. The maximum Gasteiger partial charge on any atom is 0.313 e. The number of benzene rings is 1. The minimum atomic E-state index is -0.844. The van der Waals surface area contributed by atoms with Crippen molar-refractivity contribution >= 4 is 39.3 Å². The minimum Gasteiger partial charge on any atom is -0.481 e. The predicted octanol–water partition coefficient (Wildman–Crippen LogP) is 4.10. The molecule has 0 fully saturated rings. The van der Waals surface area contributed by atoms with Crippen molar-refractivity contribution in [2.45, 2.75) is 18.4 Å². The number of carboxylic acid groups (broad SMARTS) is 1. The second-order valence-corrected chi connectivity index (χ2v) is 6.75. The zero-order valence-electron chi connectivity index (χ0n) is 11.9. The lowest BCUT2D eigenvalue weighted by Gasteiger charge is -1.99. The van der Waals surface area contributed by atoms with E-state index in [4.69, 9.17) is 5.11 Å². The number of aryl methyl sites for hydroxylation is 1. The Morgan fingerprint density at radius 3 is 2.73 bits per heavy atom. The third-order valence-electron chi connectivity index (χ3n) is 3.26. The fourth-order valence-electron chi connectivity index (χ4n) is 2.11. The van der Waals surface area contributed by atoms with Gasteiger partial charge in [-0.05, 0) is 23.6 Å². The molecule has 0 aliphatic rings. The first-order valence-electron chi connectivity index (χ1n) is 6.86. The molecule has 0 radical (unpaired) electrons. The molecule has 1 aromatic carbocycles. The van der Waals surface area contributed by atoms with Crippen LogP contribution in [0.2, 0.25) is 0 Å². The molecule has 4 nitrogen and oxygen atoms in total. The van der Waals surface area contributed by atoms with Gasteiger partial charge in [0.15, 0.2) is 0 Å². The molecule has 0 aliphatic heterocycles. The van der Waals surface area contributed by atoms with Crippen molar-refractivity contribution in [3.8, 4) is 10.4 Å². The van der Waals surface area contributed by atoms with Crippen LogP contribution < -0.4 is 0 Å². The van der Waals surface area contributed by atoms with E-state index in [-0.39, 0.29) is 5.75 Å². The first-order valence-corrected chi connectivity index (χ1v) is 8.66. The van der Waals surface area contributed by atoms with Crippen LogP contribution in [0.3, 0.4) is 0 Å². The first kappa shape index (κ1) is 15.0.